The first kappa shape index (κ1) is 27.0. The molecule has 2 N–H and O–H groups in total. The average molecular weight is 578 g/mol. The second-order valence-corrected chi connectivity index (χ2v) is 9.84. The van der Waals surface area contributed by atoms with Crippen molar-refractivity contribution >= 4 is 75.3 Å². The number of hydrogen-bond acceptors (Lipinski definition) is 5. The van der Waals surface area contributed by atoms with Crippen molar-refractivity contribution in [3.8, 4) is 5.75 Å². The number of hydrogen-bond donors (Lipinski definition) is 2. The maximum Gasteiger partial charge on any atom is 0.257 e. The second kappa shape index (κ2) is 12.0. The van der Waals surface area contributed by atoms with Crippen molar-refractivity contribution in [2.24, 2.45) is 0 Å². The standard InChI is InChI=1S/C26H23Cl3N4O3S/c1-36-23-19(28)14-17(15-20(23)29)24(34)31-26(37)30-21-4-2-3-5-22(21)32-10-12-33(13-11-32)25(35)16-6-8-18(27)9-7-16/h2-9,14-15H,10-13H2,1H3,(H2,30,31,34,37). The van der Waals surface area contributed by atoms with E-state index >= 15 is 0 Å². The molecule has 0 atom stereocenters. The highest BCUT2D eigenvalue weighted by atomic mass is 35.5. The van der Waals surface area contributed by atoms with Gasteiger partial charge in [-0.25, -0.2) is 0 Å². The zero-order valence-electron chi connectivity index (χ0n) is 19.8. The van der Waals surface area contributed by atoms with E-state index in [1.807, 2.05) is 29.2 Å². The number of benzene rings is 3. The van der Waals surface area contributed by atoms with Gasteiger partial charge in [0.05, 0.1) is 28.5 Å². The Morgan fingerprint density at radius 1 is 0.892 bits per heavy atom. The van der Waals surface area contributed by atoms with E-state index in [1.54, 1.807) is 24.3 Å². The quantitative estimate of drug-likeness (QED) is 0.377. The summed E-state index contributed by atoms with van der Waals surface area (Å²) in [7, 11) is 1.45. The molecule has 1 fully saturated rings. The van der Waals surface area contributed by atoms with Gasteiger partial charge < -0.3 is 19.9 Å². The molecule has 0 unspecified atom stereocenters. The van der Waals surface area contributed by atoms with Gasteiger partial charge in [-0.2, -0.15) is 0 Å². The number of anilines is 2. The van der Waals surface area contributed by atoms with Crippen LogP contribution in [0.4, 0.5) is 11.4 Å². The molecular weight excluding hydrogens is 555 g/mol. The molecule has 1 heterocycles. The minimum atomic E-state index is -0.462. The third kappa shape index (κ3) is 6.45. The molecule has 1 aliphatic heterocycles. The van der Waals surface area contributed by atoms with Gasteiger partial charge >= 0.3 is 0 Å². The molecular formula is C26H23Cl3N4O3S. The van der Waals surface area contributed by atoms with Crippen LogP contribution in [-0.4, -0.2) is 55.1 Å². The summed E-state index contributed by atoms with van der Waals surface area (Å²) in [6, 6.07) is 17.5. The van der Waals surface area contributed by atoms with Crippen LogP contribution in [0.5, 0.6) is 5.75 Å². The maximum atomic E-state index is 12.8. The Hall–Kier alpha value is -3.04. The van der Waals surface area contributed by atoms with Crippen LogP contribution in [-0.2, 0) is 0 Å². The summed E-state index contributed by atoms with van der Waals surface area (Å²) in [5.74, 6) is -0.189. The number of carbonyl (C=O) groups is 2. The van der Waals surface area contributed by atoms with Gasteiger partial charge in [0.25, 0.3) is 11.8 Å². The highest BCUT2D eigenvalue weighted by molar-refractivity contribution is 7.80. The molecule has 3 aromatic carbocycles. The number of nitrogens with one attached hydrogen (secondary N) is 2. The molecule has 1 aliphatic rings. The van der Waals surface area contributed by atoms with Crippen LogP contribution < -0.4 is 20.3 Å². The molecule has 2 amide bonds. The fraction of sp³-hybridized carbons (Fsp3) is 0.192. The lowest BCUT2D eigenvalue weighted by atomic mass is 10.1. The van der Waals surface area contributed by atoms with Crippen LogP contribution in [0.3, 0.4) is 0 Å². The molecule has 4 rings (SSSR count). The van der Waals surface area contributed by atoms with Crippen LogP contribution in [0.25, 0.3) is 0 Å². The predicted octanol–water partition coefficient (Wildman–Crippen LogP) is 5.74. The van der Waals surface area contributed by atoms with Crippen LogP contribution >= 0.6 is 47.0 Å². The van der Waals surface area contributed by atoms with Crippen LogP contribution in [0.15, 0.2) is 60.7 Å². The van der Waals surface area contributed by atoms with E-state index in [-0.39, 0.29) is 26.6 Å². The first-order chi connectivity index (χ1) is 17.8. The van der Waals surface area contributed by atoms with E-state index in [4.69, 9.17) is 51.8 Å². The van der Waals surface area contributed by atoms with Crippen molar-refractivity contribution in [3.63, 3.8) is 0 Å². The lowest BCUT2D eigenvalue weighted by Crippen LogP contribution is -2.49. The van der Waals surface area contributed by atoms with Gasteiger partial charge in [0, 0.05) is 42.3 Å². The lowest BCUT2D eigenvalue weighted by molar-refractivity contribution is 0.0746. The largest absolute Gasteiger partial charge is 0.494 e. The molecule has 3 aromatic rings. The molecule has 1 saturated heterocycles. The summed E-state index contributed by atoms with van der Waals surface area (Å²) < 4.78 is 5.12. The van der Waals surface area contributed by atoms with Gasteiger partial charge in [-0.1, -0.05) is 46.9 Å². The number of ether oxygens (including phenoxy) is 1. The van der Waals surface area contributed by atoms with Gasteiger partial charge in [-0.3, -0.25) is 14.9 Å². The monoisotopic (exact) mass is 576 g/mol. The number of piperazine rings is 1. The molecule has 192 valence electrons. The predicted molar refractivity (Wildman–Crippen MR) is 153 cm³/mol. The lowest BCUT2D eigenvalue weighted by Gasteiger charge is -2.37. The fourth-order valence-corrected chi connectivity index (χ4v) is 4.97. The van der Waals surface area contributed by atoms with Crippen molar-refractivity contribution < 1.29 is 14.3 Å². The second-order valence-electron chi connectivity index (χ2n) is 8.18. The number of amides is 2. The SMILES string of the molecule is COc1c(Cl)cc(C(=O)NC(=S)Nc2ccccc2N2CCN(C(=O)c3ccc(Cl)cc3)CC2)cc1Cl. The number of nitrogens with zero attached hydrogens (tertiary/aromatic N) is 2. The van der Waals surface area contributed by atoms with Crippen LogP contribution in [0.2, 0.25) is 15.1 Å². The van der Waals surface area contributed by atoms with Gasteiger partial charge in [0.1, 0.15) is 0 Å². The average Bonchev–Trinajstić information content (AvgIpc) is 2.89. The molecule has 0 aromatic heterocycles. The Balaban J connectivity index is 1.39. The number of halogens is 3. The fourth-order valence-electron chi connectivity index (χ4n) is 4.00. The minimum Gasteiger partial charge on any atom is -0.494 e. The number of rotatable bonds is 5. The Morgan fingerprint density at radius 3 is 2.14 bits per heavy atom. The Labute approximate surface area is 235 Å². The number of para-hydroxylation sites is 2. The first-order valence-electron chi connectivity index (χ1n) is 11.3. The highest BCUT2D eigenvalue weighted by Gasteiger charge is 2.24. The molecule has 0 aliphatic carbocycles. The minimum absolute atomic E-state index is 0.0228. The van der Waals surface area contributed by atoms with Crippen molar-refractivity contribution in [2.45, 2.75) is 0 Å². The molecule has 37 heavy (non-hydrogen) atoms. The molecule has 0 radical (unpaired) electrons. The highest BCUT2D eigenvalue weighted by Crippen LogP contribution is 2.34. The van der Waals surface area contributed by atoms with E-state index in [9.17, 15) is 9.59 Å². The summed E-state index contributed by atoms with van der Waals surface area (Å²) in [5, 5.41) is 6.91. The summed E-state index contributed by atoms with van der Waals surface area (Å²) in [6.45, 7) is 2.41. The van der Waals surface area contributed by atoms with Gasteiger partial charge in [-0.05, 0) is 60.7 Å². The summed E-state index contributed by atoms with van der Waals surface area (Å²) in [6.07, 6.45) is 0. The van der Waals surface area contributed by atoms with Crippen molar-refractivity contribution in [1.82, 2.24) is 10.2 Å². The molecule has 0 saturated carbocycles. The third-order valence-electron chi connectivity index (χ3n) is 5.84. The molecule has 11 heteroatoms. The molecule has 7 nitrogen and oxygen atoms in total. The van der Waals surface area contributed by atoms with Gasteiger partial charge in [-0.15, -0.1) is 0 Å². The zero-order chi connectivity index (χ0) is 26.5. The first-order valence-corrected chi connectivity index (χ1v) is 12.8. The summed E-state index contributed by atoms with van der Waals surface area (Å²) in [5.41, 5.74) is 2.50. The maximum absolute atomic E-state index is 12.8. The van der Waals surface area contributed by atoms with Gasteiger partial charge in [0.2, 0.25) is 0 Å². The molecule has 0 bridgehead atoms. The summed E-state index contributed by atoms with van der Waals surface area (Å²) in [4.78, 5) is 29.5. The van der Waals surface area contributed by atoms with E-state index in [0.717, 1.165) is 11.4 Å². The topological polar surface area (TPSA) is 73.9 Å². The Kier molecular flexibility index (Phi) is 8.76. The normalized spacial score (nSPS) is 13.2. The molecule has 0 spiro atoms. The van der Waals surface area contributed by atoms with Gasteiger partial charge in [0.15, 0.2) is 10.9 Å². The Bertz CT molecular complexity index is 1310. The summed E-state index contributed by atoms with van der Waals surface area (Å²) >= 11 is 23.6. The number of thiocarbonyl (C=S) groups is 1. The van der Waals surface area contributed by atoms with E-state index in [1.165, 1.54) is 19.2 Å². The third-order valence-corrected chi connectivity index (χ3v) is 6.86. The van der Waals surface area contributed by atoms with E-state index in [2.05, 4.69) is 15.5 Å². The van der Waals surface area contributed by atoms with Crippen LogP contribution in [0, 0.1) is 0 Å². The van der Waals surface area contributed by atoms with Crippen molar-refractivity contribution in [2.75, 3.05) is 43.5 Å². The smallest absolute Gasteiger partial charge is 0.257 e. The van der Waals surface area contributed by atoms with Crippen molar-refractivity contribution in [1.29, 1.82) is 0 Å². The van der Waals surface area contributed by atoms with Crippen molar-refractivity contribution in [3.05, 3.63) is 86.9 Å². The number of carbonyl (C=O) groups excluding carboxylic acids is 2. The number of methoxy groups -OCH3 is 1. The van der Waals surface area contributed by atoms with Crippen LogP contribution in [0.1, 0.15) is 20.7 Å². The Morgan fingerprint density at radius 2 is 1.51 bits per heavy atom. The van der Waals surface area contributed by atoms with E-state index in [0.29, 0.717) is 42.5 Å². The zero-order valence-corrected chi connectivity index (χ0v) is 22.8. The van der Waals surface area contributed by atoms with E-state index < -0.39 is 5.91 Å².